The van der Waals surface area contributed by atoms with Crippen molar-refractivity contribution in [2.45, 2.75) is 51.0 Å². The average molecular weight is 229 g/mol. The summed E-state index contributed by atoms with van der Waals surface area (Å²) in [7, 11) is 0. The minimum atomic E-state index is 0.224. The molecule has 2 fully saturated rings. The molecule has 2 aliphatic rings. The van der Waals surface area contributed by atoms with Crippen LogP contribution < -0.4 is 5.32 Å². The molecule has 16 heavy (non-hydrogen) atoms. The molecule has 0 aromatic carbocycles. The molecular formula is C12H23NO3. The van der Waals surface area contributed by atoms with E-state index < -0.39 is 0 Å². The molecule has 4 nitrogen and oxygen atoms in total. The molecule has 2 aliphatic heterocycles. The molecule has 1 N–H and O–H groups in total. The standard InChI is InChI=1S/C12H23NO3/c1-9-5-11(6-10(2)16-9)13-7-12-8-14-3-4-15-12/h9-13H,3-8H2,1-2H3. The molecule has 2 rings (SSSR count). The first-order chi connectivity index (χ1) is 7.74. The quantitative estimate of drug-likeness (QED) is 0.782. The maximum atomic E-state index is 5.71. The topological polar surface area (TPSA) is 39.7 Å². The van der Waals surface area contributed by atoms with Crippen molar-refractivity contribution in [1.82, 2.24) is 5.32 Å². The lowest BCUT2D eigenvalue weighted by atomic mass is 10.00. The van der Waals surface area contributed by atoms with Crippen molar-refractivity contribution in [3.05, 3.63) is 0 Å². The van der Waals surface area contributed by atoms with Crippen LogP contribution in [0.15, 0.2) is 0 Å². The molecular weight excluding hydrogens is 206 g/mol. The molecule has 2 heterocycles. The molecule has 0 bridgehead atoms. The molecule has 0 amide bonds. The summed E-state index contributed by atoms with van der Waals surface area (Å²) in [5.74, 6) is 0. The van der Waals surface area contributed by atoms with E-state index in [1.807, 2.05) is 0 Å². The van der Waals surface area contributed by atoms with Crippen LogP contribution in [0.3, 0.4) is 0 Å². The second-order valence-electron chi connectivity index (χ2n) is 4.90. The normalized spacial score (nSPS) is 40.9. The van der Waals surface area contributed by atoms with Crippen molar-refractivity contribution in [2.75, 3.05) is 26.4 Å². The highest BCUT2D eigenvalue weighted by Gasteiger charge is 2.25. The zero-order chi connectivity index (χ0) is 11.4. The molecule has 0 radical (unpaired) electrons. The van der Waals surface area contributed by atoms with E-state index in [0.717, 1.165) is 39.2 Å². The molecule has 4 heteroatoms. The van der Waals surface area contributed by atoms with E-state index in [-0.39, 0.29) is 6.10 Å². The van der Waals surface area contributed by atoms with Crippen LogP contribution in [0.1, 0.15) is 26.7 Å². The van der Waals surface area contributed by atoms with Crippen molar-refractivity contribution in [3.8, 4) is 0 Å². The summed E-state index contributed by atoms with van der Waals surface area (Å²) in [6, 6.07) is 0.560. The second kappa shape index (κ2) is 5.96. The van der Waals surface area contributed by atoms with Crippen LogP contribution in [0.2, 0.25) is 0 Å². The molecule has 94 valence electrons. The second-order valence-corrected chi connectivity index (χ2v) is 4.90. The third-order valence-corrected chi connectivity index (χ3v) is 3.22. The maximum Gasteiger partial charge on any atom is 0.0933 e. The summed E-state index contributed by atoms with van der Waals surface area (Å²) < 4.78 is 16.7. The highest BCUT2D eigenvalue weighted by atomic mass is 16.6. The van der Waals surface area contributed by atoms with Gasteiger partial charge < -0.3 is 19.5 Å². The van der Waals surface area contributed by atoms with Gasteiger partial charge in [-0.15, -0.1) is 0 Å². The largest absolute Gasteiger partial charge is 0.376 e. The van der Waals surface area contributed by atoms with Gasteiger partial charge in [-0.1, -0.05) is 0 Å². The summed E-state index contributed by atoms with van der Waals surface area (Å²) in [5.41, 5.74) is 0. The third-order valence-electron chi connectivity index (χ3n) is 3.22. The van der Waals surface area contributed by atoms with Crippen LogP contribution >= 0.6 is 0 Å². The Hall–Kier alpha value is -0.160. The molecule has 2 saturated heterocycles. The van der Waals surface area contributed by atoms with Gasteiger partial charge in [0.25, 0.3) is 0 Å². The van der Waals surface area contributed by atoms with E-state index in [4.69, 9.17) is 14.2 Å². The van der Waals surface area contributed by atoms with E-state index in [9.17, 15) is 0 Å². The fourth-order valence-electron chi connectivity index (χ4n) is 2.52. The van der Waals surface area contributed by atoms with Crippen LogP contribution in [0, 0.1) is 0 Å². The minimum Gasteiger partial charge on any atom is -0.376 e. The number of hydrogen-bond acceptors (Lipinski definition) is 4. The average Bonchev–Trinajstić information content (AvgIpc) is 2.27. The van der Waals surface area contributed by atoms with Crippen molar-refractivity contribution >= 4 is 0 Å². The maximum absolute atomic E-state index is 5.71. The van der Waals surface area contributed by atoms with Crippen LogP contribution in [0.5, 0.6) is 0 Å². The number of hydrogen-bond donors (Lipinski definition) is 1. The summed E-state index contributed by atoms with van der Waals surface area (Å²) in [4.78, 5) is 0. The smallest absolute Gasteiger partial charge is 0.0933 e. The van der Waals surface area contributed by atoms with Crippen molar-refractivity contribution in [3.63, 3.8) is 0 Å². The Labute approximate surface area is 97.6 Å². The SMILES string of the molecule is CC1CC(NCC2COCCO2)CC(C)O1. The zero-order valence-corrected chi connectivity index (χ0v) is 10.3. The summed E-state index contributed by atoms with van der Waals surface area (Å²) >= 11 is 0. The first-order valence-electron chi connectivity index (χ1n) is 6.32. The van der Waals surface area contributed by atoms with Gasteiger partial charge in [0.1, 0.15) is 0 Å². The van der Waals surface area contributed by atoms with Gasteiger partial charge in [0.05, 0.1) is 38.1 Å². The Morgan fingerprint density at radius 3 is 2.50 bits per heavy atom. The molecule has 0 spiro atoms. The van der Waals surface area contributed by atoms with E-state index in [2.05, 4.69) is 19.2 Å². The van der Waals surface area contributed by atoms with Crippen LogP contribution in [-0.4, -0.2) is 50.7 Å². The Balaban J connectivity index is 1.68. The first-order valence-corrected chi connectivity index (χ1v) is 6.32. The van der Waals surface area contributed by atoms with Crippen molar-refractivity contribution in [2.24, 2.45) is 0 Å². The summed E-state index contributed by atoms with van der Waals surface area (Å²) in [6.07, 6.45) is 3.15. The highest BCUT2D eigenvalue weighted by Crippen LogP contribution is 2.19. The molecule has 0 saturated carbocycles. The summed E-state index contributed by atoms with van der Waals surface area (Å²) in [5, 5.41) is 3.57. The lowest BCUT2D eigenvalue weighted by Crippen LogP contribution is -2.46. The predicted molar refractivity (Wildman–Crippen MR) is 61.6 cm³/mol. The van der Waals surface area contributed by atoms with Crippen molar-refractivity contribution in [1.29, 1.82) is 0 Å². The van der Waals surface area contributed by atoms with Gasteiger partial charge in [-0.2, -0.15) is 0 Å². The minimum absolute atomic E-state index is 0.224. The lowest BCUT2D eigenvalue weighted by Gasteiger charge is -2.34. The lowest BCUT2D eigenvalue weighted by molar-refractivity contribution is -0.0905. The monoisotopic (exact) mass is 229 g/mol. The molecule has 0 aliphatic carbocycles. The fraction of sp³-hybridized carbons (Fsp3) is 1.00. The Kier molecular flexibility index (Phi) is 4.58. The van der Waals surface area contributed by atoms with Gasteiger partial charge in [0.15, 0.2) is 0 Å². The number of nitrogens with one attached hydrogen (secondary N) is 1. The van der Waals surface area contributed by atoms with Gasteiger partial charge in [-0.3, -0.25) is 0 Å². The number of rotatable bonds is 3. The molecule has 0 aromatic heterocycles. The number of ether oxygens (including phenoxy) is 3. The highest BCUT2D eigenvalue weighted by molar-refractivity contribution is 4.80. The van der Waals surface area contributed by atoms with Gasteiger partial charge in [0.2, 0.25) is 0 Å². The Morgan fingerprint density at radius 1 is 1.12 bits per heavy atom. The Morgan fingerprint density at radius 2 is 1.88 bits per heavy atom. The van der Waals surface area contributed by atoms with Gasteiger partial charge >= 0.3 is 0 Å². The van der Waals surface area contributed by atoms with Crippen molar-refractivity contribution < 1.29 is 14.2 Å². The van der Waals surface area contributed by atoms with Gasteiger partial charge in [-0.25, -0.2) is 0 Å². The van der Waals surface area contributed by atoms with Crippen LogP contribution in [-0.2, 0) is 14.2 Å². The van der Waals surface area contributed by atoms with E-state index >= 15 is 0 Å². The molecule has 3 unspecified atom stereocenters. The fourth-order valence-corrected chi connectivity index (χ4v) is 2.52. The first kappa shape index (κ1) is 12.3. The van der Waals surface area contributed by atoms with Gasteiger partial charge in [-0.05, 0) is 26.7 Å². The van der Waals surface area contributed by atoms with E-state index in [0.29, 0.717) is 18.2 Å². The van der Waals surface area contributed by atoms with Crippen LogP contribution in [0.25, 0.3) is 0 Å². The van der Waals surface area contributed by atoms with E-state index in [1.165, 1.54) is 0 Å². The van der Waals surface area contributed by atoms with Crippen LogP contribution in [0.4, 0.5) is 0 Å². The Bertz CT molecular complexity index is 196. The molecule has 3 atom stereocenters. The molecule has 0 aromatic rings. The van der Waals surface area contributed by atoms with Gasteiger partial charge in [0, 0.05) is 12.6 Å². The summed E-state index contributed by atoms with van der Waals surface area (Å²) in [6.45, 7) is 7.37. The third kappa shape index (κ3) is 3.70. The predicted octanol–water partition coefficient (Wildman–Crippen LogP) is 0.947. The zero-order valence-electron chi connectivity index (χ0n) is 10.3. The van der Waals surface area contributed by atoms with E-state index in [1.54, 1.807) is 0 Å².